The largest absolute Gasteiger partial charge is 0.368 e. The minimum atomic E-state index is -0.526. The number of carbonyl (C=O) groups excluding carboxylic acids is 2. The van der Waals surface area contributed by atoms with Crippen molar-refractivity contribution in [3.8, 4) is 0 Å². The maximum atomic E-state index is 13.8. The Bertz CT molecular complexity index is 1210. The van der Waals surface area contributed by atoms with Crippen LogP contribution in [0.15, 0.2) is 72.8 Å². The fraction of sp³-hybridized carbons (Fsp3) is 0.286. The van der Waals surface area contributed by atoms with Crippen LogP contribution < -0.4 is 4.90 Å². The molecule has 2 amide bonds. The molecule has 174 valence electrons. The maximum absolute atomic E-state index is 13.8. The van der Waals surface area contributed by atoms with E-state index in [1.54, 1.807) is 4.90 Å². The first-order valence-corrected chi connectivity index (χ1v) is 12.1. The van der Waals surface area contributed by atoms with Crippen LogP contribution in [-0.2, 0) is 17.8 Å². The number of fused-ring (bicyclic) bond motifs is 1. The zero-order chi connectivity index (χ0) is 23.7. The topological polar surface area (TPSA) is 43.9 Å². The fourth-order valence-corrected chi connectivity index (χ4v) is 5.16. The lowest BCUT2D eigenvalue weighted by atomic mass is 10.0. The van der Waals surface area contributed by atoms with E-state index in [1.807, 2.05) is 77.7 Å². The van der Waals surface area contributed by atoms with Gasteiger partial charge in [0, 0.05) is 55.4 Å². The lowest BCUT2D eigenvalue weighted by molar-refractivity contribution is -0.136. The molecule has 1 atom stereocenters. The highest BCUT2D eigenvalue weighted by molar-refractivity contribution is 6.30. The number of carbonyl (C=O) groups is 2. The summed E-state index contributed by atoms with van der Waals surface area (Å²) >= 11 is 6.23. The number of nitrogens with zero attached hydrogens (tertiary/aromatic N) is 3. The Labute approximate surface area is 205 Å². The van der Waals surface area contributed by atoms with Gasteiger partial charge in [-0.3, -0.25) is 9.59 Å². The van der Waals surface area contributed by atoms with Crippen molar-refractivity contribution in [2.45, 2.75) is 25.9 Å². The van der Waals surface area contributed by atoms with E-state index in [0.29, 0.717) is 36.6 Å². The van der Waals surface area contributed by atoms with Crippen LogP contribution in [0.5, 0.6) is 0 Å². The molecule has 2 heterocycles. The predicted molar refractivity (Wildman–Crippen MR) is 135 cm³/mol. The van der Waals surface area contributed by atoms with Crippen LogP contribution in [0.2, 0.25) is 5.02 Å². The summed E-state index contributed by atoms with van der Waals surface area (Å²) in [5, 5.41) is 0.717. The number of hydrogen-bond acceptors (Lipinski definition) is 3. The van der Waals surface area contributed by atoms with Gasteiger partial charge in [-0.15, -0.1) is 0 Å². The van der Waals surface area contributed by atoms with Crippen molar-refractivity contribution < 1.29 is 9.59 Å². The van der Waals surface area contributed by atoms with E-state index in [-0.39, 0.29) is 11.8 Å². The standard InChI is InChI=1S/C28H28ClN3O2/c1-20-11-12-23(29)18-25(20)30-13-15-31(16-14-30)28(34)26(17-21-7-3-2-4-8-21)32-19-22-9-5-6-10-24(22)27(32)33/h2-12,18,26H,13-17,19H2,1H3. The first kappa shape index (κ1) is 22.5. The molecular formula is C28H28ClN3O2. The summed E-state index contributed by atoms with van der Waals surface area (Å²) in [5.74, 6) is -0.0365. The van der Waals surface area contributed by atoms with Gasteiger partial charge in [-0.1, -0.05) is 66.2 Å². The third-order valence-corrected chi connectivity index (χ3v) is 7.12. The molecule has 1 fully saturated rings. The van der Waals surface area contributed by atoms with Crippen LogP contribution in [-0.4, -0.2) is 53.8 Å². The van der Waals surface area contributed by atoms with Crippen molar-refractivity contribution in [2.24, 2.45) is 0 Å². The lowest BCUT2D eigenvalue weighted by Crippen LogP contribution is -2.55. The quantitative estimate of drug-likeness (QED) is 0.545. The van der Waals surface area contributed by atoms with Crippen LogP contribution in [0, 0.1) is 6.92 Å². The Kier molecular flexibility index (Phi) is 6.29. The van der Waals surface area contributed by atoms with Crippen molar-refractivity contribution in [2.75, 3.05) is 31.1 Å². The van der Waals surface area contributed by atoms with Gasteiger partial charge in [0.15, 0.2) is 0 Å². The second-order valence-electron chi connectivity index (χ2n) is 9.04. The molecule has 5 rings (SSSR count). The summed E-state index contributed by atoms with van der Waals surface area (Å²) in [6.07, 6.45) is 0.507. The maximum Gasteiger partial charge on any atom is 0.255 e. The summed E-state index contributed by atoms with van der Waals surface area (Å²) in [6.45, 7) is 5.25. The van der Waals surface area contributed by atoms with Gasteiger partial charge in [-0.05, 0) is 41.8 Å². The van der Waals surface area contributed by atoms with Crippen LogP contribution in [0.1, 0.15) is 27.0 Å². The normalized spacial score (nSPS) is 16.5. The van der Waals surface area contributed by atoms with Crippen molar-refractivity contribution in [1.82, 2.24) is 9.80 Å². The van der Waals surface area contributed by atoms with Crippen molar-refractivity contribution in [1.29, 1.82) is 0 Å². The Morgan fingerprint density at radius 1 is 0.941 bits per heavy atom. The predicted octanol–water partition coefficient (Wildman–Crippen LogP) is 4.56. The number of piperazine rings is 1. The summed E-state index contributed by atoms with van der Waals surface area (Å²) in [7, 11) is 0. The number of anilines is 1. The number of aryl methyl sites for hydroxylation is 1. The van der Waals surface area contributed by atoms with Crippen LogP contribution >= 0.6 is 11.6 Å². The van der Waals surface area contributed by atoms with E-state index in [2.05, 4.69) is 11.8 Å². The Morgan fingerprint density at radius 3 is 2.38 bits per heavy atom. The fourth-order valence-electron chi connectivity index (χ4n) is 5.00. The van der Waals surface area contributed by atoms with Gasteiger partial charge in [0.2, 0.25) is 5.91 Å². The Balaban J connectivity index is 1.35. The number of amides is 2. The van der Waals surface area contributed by atoms with Gasteiger partial charge >= 0.3 is 0 Å². The van der Waals surface area contributed by atoms with Gasteiger partial charge in [-0.2, -0.15) is 0 Å². The molecule has 6 heteroatoms. The monoisotopic (exact) mass is 473 g/mol. The third-order valence-electron chi connectivity index (χ3n) is 6.89. The van der Waals surface area contributed by atoms with E-state index in [1.165, 1.54) is 5.56 Å². The smallest absolute Gasteiger partial charge is 0.255 e. The number of halogens is 1. The molecule has 0 radical (unpaired) electrons. The van der Waals surface area contributed by atoms with Crippen molar-refractivity contribution in [3.63, 3.8) is 0 Å². The van der Waals surface area contributed by atoms with Crippen LogP contribution in [0.3, 0.4) is 0 Å². The summed E-state index contributed by atoms with van der Waals surface area (Å²) < 4.78 is 0. The van der Waals surface area contributed by atoms with E-state index in [9.17, 15) is 9.59 Å². The first-order chi connectivity index (χ1) is 16.5. The highest BCUT2D eigenvalue weighted by atomic mass is 35.5. The highest BCUT2D eigenvalue weighted by Gasteiger charge is 2.38. The minimum absolute atomic E-state index is 0.0208. The Morgan fingerprint density at radius 2 is 1.65 bits per heavy atom. The molecular weight excluding hydrogens is 446 g/mol. The molecule has 1 unspecified atom stereocenters. The van der Waals surface area contributed by atoms with E-state index in [0.717, 1.165) is 29.9 Å². The lowest BCUT2D eigenvalue weighted by Gasteiger charge is -2.39. The van der Waals surface area contributed by atoms with Crippen LogP contribution in [0.25, 0.3) is 0 Å². The van der Waals surface area contributed by atoms with Crippen LogP contribution in [0.4, 0.5) is 5.69 Å². The molecule has 3 aromatic rings. The third kappa shape index (κ3) is 4.40. The molecule has 5 nitrogen and oxygen atoms in total. The van der Waals surface area contributed by atoms with Gasteiger partial charge < -0.3 is 14.7 Å². The summed E-state index contributed by atoms with van der Waals surface area (Å²) in [6, 6.07) is 23.0. The first-order valence-electron chi connectivity index (χ1n) is 11.7. The van der Waals surface area contributed by atoms with E-state index in [4.69, 9.17) is 11.6 Å². The van der Waals surface area contributed by atoms with Crippen molar-refractivity contribution >= 4 is 29.1 Å². The molecule has 0 aromatic heterocycles. The van der Waals surface area contributed by atoms with Gasteiger partial charge in [-0.25, -0.2) is 0 Å². The highest BCUT2D eigenvalue weighted by Crippen LogP contribution is 2.28. The number of hydrogen-bond donors (Lipinski definition) is 0. The van der Waals surface area contributed by atoms with Crippen molar-refractivity contribution in [3.05, 3.63) is 100 Å². The second kappa shape index (κ2) is 9.51. The van der Waals surface area contributed by atoms with E-state index >= 15 is 0 Å². The molecule has 1 saturated heterocycles. The van der Waals surface area contributed by atoms with Gasteiger partial charge in [0.1, 0.15) is 6.04 Å². The molecule has 3 aromatic carbocycles. The molecule has 2 aliphatic heterocycles. The molecule has 0 N–H and O–H groups in total. The minimum Gasteiger partial charge on any atom is -0.368 e. The van der Waals surface area contributed by atoms with E-state index < -0.39 is 6.04 Å². The zero-order valence-corrected chi connectivity index (χ0v) is 20.0. The zero-order valence-electron chi connectivity index (χ0n) is 19.3. The molecule has 0 aliphatic carbocycles. The molecule has 0 spiro atoms. The summed E-state index contributed by atoms with van der Waals surface area (Å²) in [5.41, 5.74) is 5.03. The average molecular weight is 474 g/mol. The SMILES string of the molecule is Cc1ccc(Cl)cc1N1CCN(C(=O)C(Cc2ccccc2)N2Cc3ccccc3C2=O)CC1. The number of rotatable bonds is 5. The number of benzene rings is 3. The average Bonchev–Trinajstić information content (AvgIpc) is 3.20. The Hall–Kier alpha value is -3.31. The second-order valence-corrected chi connectivity index (χ2v) is 9.48. The molecule has 34 heavy (non-hydrogen) atoms. The molecule has 2 aliphatic rings. The molecule has 0 saturated carbocycles. The summed E-state index contributed by atoms with van der Waals surface area (Å²) in [4.78, 5) is 33.1. The van der Waals surface area contributed by atoms with Gasteiger partial charge in [0.05, 0.1) is 0 Å². The van der Waals surface area contributed by atoms with Gasteiger partial charge in [0.25, 0.3) is 5.91 Å². The molecule has 0 bridgehead atoms.